The molecule has 41 heavy (non-hydrogen) atoms. The predicted molar refractivity (Wildman–Crippen MR) is 174 cm³/mol. The van der Waals surface area contributed by atoms with Crippen molar-refractivity contribution in [1.29, 1.82) is 0 Å². The molecule has 214 valence electrons. The van der Waals surface area contributed by atoms with E-state index in [4.69, 9.17) is 9.47 Å². The van der Waals surface area contributed by atoms with Crippen LogP contribution in [-0.4, -0.2) is 21.3 Å². The molecule has 3 heteroatoms. The molecule has 0 spiro atoms. The van der Waals surface area contributed by atoms with Crippen LogP contribution in [0.15, 0.2) is 121 Å². The summed E-state index contributed by atoms with van der Waals surface area (Å²) in [5, 5.41) is 0. The lowest BCUT2D eigenvalue weighted by atomic mass is 9.87. The number of hydrogen-bond acceptors (Lipinski definition) is 2. The van der Waals surface area contributed by atoms with Crippen LogP contribution >= 0.6 is 0 Å². The Morgan fingerprint density at radius 2 is 1.05 bits per heavy atom. The minimum absolute atomic E-state index is 0.0487. The zero-order valence-corrected chi connectivity index (χ0v) is 26.0. The highest BCUT2D eigenvalue weighted by Crippen LogP contribution is 2.51. The lowest BCUT2D eigenvalue weighted by Crippen LogP contribution is -2.38. The molecular formula is C38H46O2Si. The number of benzene rings is 4. The Morgan fingerprint density at radius 3 is 1.49 bits per heavy atom. The molecule has 2 atom stereocenters. The summed E-state index contributed by atoms with van der Waals surface area (Å²) in [5.74, 6) is 1.32. The third-order valence-corrected chi connectivity index (χ3v) is 12.9. The van der Waals surface area contributed by atoms with Gasteiger partial charge in [0.15, 0.2) is 0 Å². The topological polar surface area (TPSA) is 18.5 Å². The molecule has 1 aliphatic rings. The van der Waals surface area contributed by atoms with Gasteiger partial charge in [0.05, 0.1) is 34.5 Å². The van der Waals surface area contributed by atoms with Crippen molar-refractivity contribution in [2.24, 2.45) is 17.3 Å². The van der Waals surface area contributed by atoms with Gasteiger partial charge in [-0.15, -0.1) is 0 Å². The quantitative estimate of drug-likeness (QED) is 0.151. The van der Waals surface area contributed by atoms with Crippen LogP contribution in [0.5, 0.6) is 0 Å². The van der Waals surface area contributed by atoms with E-state index in [1.54, 1.807) is 0 Å². The second kappa shape index (κ2) is 13.8. The van der Waals surface area contributed by atoms with Crippen molar-refractivity contribution in [1.82, 2.24) is 0 Å². The van der Waals surface area contributed by atoms with Gasteiger partial charge in [0.25, 0.3) is 0 Å². The Hall–Kier alpha value is -2.98. The number of rotatable bonds is 13. The van der Waals surface area contributed by atoms with Crippen LogP contribution in [-0.2, 0) is 22.7 Å². The highest BCUT2D eigenvalue weighted by molar-refractivity contribution is 6.79. The van der Waals surface area contributed by atoms with Gasteiger partial charge in [0.2, 0.25) is 0 Å². The highest BCUT2D eigenvalue weighted by atomic mass is 28.3. The van der Waals surface area contributed by atoms with E-state index in [1.165, 1.54) is 34.7 Å². The van der Waals surface area contributed by atoms with E-state index in [0.717, 1.165) is 19.6 Å². The fraction of sp³-hybridized carbons (Fsp3) is 0.368. The summed E-state index contributed by atoms with van der Waals surface area (Å²) >= 11 is 0. The molecule has 0 aliphatic heterocycles. The summed E-state index contributed by atoms with van der Waals surface area (Å²) in [4.78, 5) is 0. The third-order valence-electron chi connectivity index (χ3n) is 9.13. The van der Waals surface area contributed by atoms with E-state index in [2.05, 4.69) is 141 Å². The van der Waals surface area contributed by atoms with Gasteiger partial charge < -0.3 is 9.47 Å². The molecule has 4 aromatic rings. The average Bonchev–Trinajstić information content (AvgIpc) is 3.29. The summed E-state index contributed by atoms with van der Waals surface area (Å²) < 4.78 is 12.9. The first kappa shape index (κ1) is 29.5. The normalized spacial score (nSPS) is 18.5. The zero-order chi connectivity index (χ0) is 28.5. The summed E-state index contributed by atoms with van der Waals surface area (Å²) in [6.45, 7) is 10.5. The Labute approximate surface area is 248 Å². The maximum absolute atomic E-state index is 6.45. The van der Waals surface area contributed by atoms with Crippen molar-refractivity contribution in [3.05, 3.63) is 144 Å². The van der Waals surface area contributed by atoms with E-state index in [0.29, 0.717) is 30.6 Å². The maximum Gasteiger partial charge on any atom is 0.0717 e. The van der Waals surface area contributed by atoms with Crippen LogP contribution in [0.2, 0.25) is 19.1 Å². The first-order valence-electron chi connectivity index (χ1n) is 15.3. The Balaban J connectivity index is 1.33. The zero-order valence-electron chi connectivity index (χ0n) is 25.0. The van der Waals surface area contributed by atoms with Gasteiger partial charge in [-0.1, -0.05) is 147 Å². The number of hydrogen-bond donors (Lipinski definition) is 0. The maximum atomic E-state index is 6.45. The van der Waals surface area contributed by atoms with Crippen LogP contribution < -0.4 is 0 Å². The van der Waals surface area contributed by atoms with Crippen LogP contribution in [0.3, 0.4) is 0 Å². The SMILES string of the molecule is C[C@H]1CC(COCc2ccccc2)(COCc2ccccc2)C[C@@H]1C[Si](C)(C)C(c1ccccc1)c1ccccc1. The van der Waals surface area contributed by atoms with Crippen molar-refractivity contribution in [3.8, 4) is 0 Å². The fourth-order valence-electron chi connectivity index (χ4n) is 7.34. The van der Waals surface area contributed by atoms with Crippen molar-refractivity contribution in [2.45, 2.75) is 57.7 Å². The lowest BCUT2D eigenvalue weighted by Gasteiger charge is -2.37. The standard InChI is InChI=1S/C38H46O2Si/c1-31-24-38(29-39-26-32-16-8-4-9-17-32,30-40-27-33-18-10-5-11-19-33)25-36(31)28-41(2,3)37(34-20-12-6-13-21-34)35-22-14-7-15-23-35/h4-23,31,36-37H,24-30H2,1-3H3/t31-,36+/m0/s1. The van der Waals surface area contributed by atoms with Crippen molar-refractivity contribution < 1.29 is 9.47 Å². The highest BCUT2D eigenvalue weighted by Gasteiger charge is 2.47. The van der Waals surface area contributed by atoms with E-state index in [1.807, 2.05) is 0 Å². The molecule has 0 N–H and O–H groups in total. The Morgan fingerprint density at radius 1 is 0.634 bits per heavy atom. The summed E-state index contributed by atoms with van der Waals surface area (Å²) in [5.41, 5.74) is 5.92. The van der Waals surface area contributed by atoms with Gasteiger partial charge >= 0.3 is 0 Å². The van der Waals surface area contributed by atoms with E-state index < -0.39 is 8.07 Å². The predicted octanol–water partition coefficient (Wildman–Crippen LogP) is 9.53. The largest absolute Gasteiger partial charge is 0.376 e. The third kappa shape index (κ3) is 7.85. The molecule has 1 saturated carbocycles. The van der Waals surface area contributed by atoms with Crippen LogP contribution in [0.1, 0.15) is 47.6 Å². The molecule has 0 saturated heterocycles. The molecule has 4 aromatic carbocycles. The second-order valence-electron chi connectivity index (χ2n) is 13.0. The van der Waals surface area contributed by atoms with Gasteiger partial charge in [-0.25, -0.2) is 0 Å². The van der Waals surface area contributed by atoms with Gasteiger partial charge in [0, 0.05) is 11.0 Å². The molecule has 5 rings (SSSR count). The Kier molecular flexibility index (Phi) is 9.92. The summed E-state index contributed by atoms with van der Waals surface area (Å²) in [7, 11) is -1.73. The molecule has 0 heterocycles. The molecule has 0 amide bonds. The molecular weight excluding hydrogens is 517 g/mol. The second-order valence-corrected chi connectivity index (χ2v) is 18.0. The average molecular weight is 563 g/mol. The first-order valence-corrected chi connectivity index (χ1v) is 18.6. The summed E-state index contributed by atoms with van der Waals surface area (Å²) in [6.07, 6.45) is 2.33. The van der Waals surface area contributed by atoms with Crippen LogP contribution in [0.4, 0.5) is 0 Å². The molecule has 0 aromatic heterocycles. The Bertz CT molecular complexity index is 1220. The molecule has 1 fully saturated rings. The fourth-order valence-corrected chi connectivity index (χ4v) is 11.7. The molecule has 0 bridgehead atoms. The molecule has 0 radical (unpaired) electrons. The van der Waals surface area contributed by atoms with Gasteiger partial charge in [-0.3, -0.25) is 0 Å². The van der Waals surface area contributed by atoms with E-state index in [9.17, 15) is 0 Å². The van der Waals surface area contributed by atoms with E-state index >= 15 is 0 Å². The van der Waals surface area contributed by atoms with Crippen molar-refractivity contribution in [3.63, 3.8) is 0 Å². The molecule has 1 aliphatic carbocycles. The monoisotopic (exact) mass is 562 g/mol. The number of ether oxygens (including phenoxy) is 2. The van der Waals surface area contributed by atoms with Gasteiger partial charge in [-0.2, -0.15) is 0 Å². The lowest BCUT2D eigenvalue weighted by molar-refractivity contribution is -0.0325. The van der Waals surface area contributed by atoms with Crippen LogP contribution in [0.25, 0.3) is 0 Å². The van der Waals surface area contributed by atoms with Gasteiger partial charge in [0.1, 0.15) is 0 Å². The van der Waals surface area contributed by atoms with Gasteiger partial charge in [-0.05, 0) is 46.9 Å². The molecule has 2 nitrogen and oxygen atoms in total. The molecule has 0 unspecified atom stereocenters. The van der Waals surface area contributed by atoms with Crippen molar-refractivity contribution >= 4 is 8.07 Å². The summed E-state index contributed by atoms with van der Waals surface area (Å²) in [6, 6.07) is 44.8. The first-order chi connectivity index (χ1) is 19.9. The minimum atomic E-state index is -1.73. The minimum Gasteiger partial charge on any atom is -0.376 e. The smallest absolute Gasteiger partial charge is 0.0717 e. The van der Waals surface area contributed by atoms with E-state index in [-0.39, 0.29) is 5.41 Å². The van der Waals surface area contributed by atoms with Crippen LogP contribution in [0, 0.1) is 17.3 Å². The van der Waals surface area contributed by atoms with Crippen molar-refractivity contribution in [2.75, 3.05) is 13.2 Å².